The number of ether oxygens (including phenoxy) is 4. The summed E-state index contributed by atoms with van der Waals surface area (Å²) in [5.74, 6) is 3.52. The Balaban J connectivity index is 1.57. The number of para-hydroxylation sites is 4. The Morgan fingerprint density at radius 3 is 1.54 bits per heavy atom. The van der Waals surface area contributed by atoms with Crippen molar-refractivity contribution in [3.05, 3.63) is 102 Å². The van der Waals surface area contributed by atoms with Crippen LogP contribution in [-0.2, 0) is 0 Å². The van der Waals surface area contributed by atoms with Gasteiger partial charge in [0.15, 0.2) is 23.0 Å². The average molecular weight is 342 g/mol. The van der Waals surface area contributed by atoms with Gasteiger partial charge in [-0.3, -0.25) is 0 Å². The summed E-state index contributed by atoms with van der Waals surface area (Å²) < 4.78 is 23.4. The van der Waals surface area contributed by atoms with Crippen LogP contribution in [0.3, 0.4) is 0 Å². The van der Waals surface area contributed by atoms with Crippen LogP contribution in [0.25, 0.3) is 5.57 Å². The van der Waals surface area contributed by atoms with E-state index < -0.39 is 0 Å². The molecule has 0 aliphatic carbocycles. The Morgan fingerprint density at radius 2 is 1.00 bits per heavy atom. The quantitative estimate of drug-likeness (QED) is 0.646. The van der Waals surface area contributed by atoms with Crippen LogP contribution >= 0.6 is 0 Å². The molecule has 3 aromatic carbocycles. The van der Waals surface area contributed by atoms with Crippen molar-refractivity contribution in [2.75, 3.05) is 0 Å². The van der Waals surface area contributed by atoms with Crippen molar-refractivity contribution in [3.63, 3.8) is 0 Å². The molecule has 0 aromatic heterocycles. The first-order valence-electron chi connectivity index (χ1n) is 8.28. The fourth-order valence-electron chi connectivity index (χ4n) is 2.86. The molecule has 0 amide bonds. The minimum Gasteiger partial charge on any atom is -0.422 e. The van der Waals surface area contributed by atoms with Crippen LogP contribution in [0.2, 0.25) is 0 Å². The Bertz CT molecular complexity index is 981. The van der Waals surface area contributed by atoms with Crippen molar-refractivity contribution in [2.45, 2.75) is 0 Å². The summed E-state index contributed by atoms with van der Waals surface area (Å²) in [5, 5.41) is 0. The summed E-state index contributed by atoms with van der Waals surface area (Å²) in [6.45, 7) is 0. The van der Waals surface area contributed by atoms with Crippen molar-refractivity contribution >= 4 is 5.57 Å². The van der Waals surface area contributed by atoms with E-state index in [2.05, 4.69) is 0 Å². The predicted molar refractivity (Wildman–Crippen MR) is 96.8 cm³/mol. The molecule has 2 heterocycles. The van der Waals surface area contributed by atoms with Crippen LogP contribution in [0, 0.1) is 0 Å². The molecule has 0 N–H and O–H groups in total. The van der Waals surface area contributed by atoms with Gasteiger partial charge in [0.2, 0.25) is 0 Å². The summed E-state index contributed by atoms with van der Waals surface area (Å²) in [5.41, 5.74) is 1.68. The van der Waals surface area contributed by atoms with E-state index in [4.69, 9.17) is 18.9 Å². The predicted octanol–water partition coefficient (Wildman–Crippen LogP) is 5.14. The van der Waals surface area contributed by atoms with Gasteiger partial charge in [-0.05, 0) is 29.8 Å². The maximum atomic E-state index is 5.91. The van der Waals surface area contributed by atoms with Gasteiger partial charge in [0.25, 0.3) is 11.9 Å². The third-order valence-electron chi connectivity index (χ3n) is 4.09. The maximum Gasteiger partial charge on any atom is 0.299 e. The SMILES string of the molecule is C(=C1Oc2ccccc2O1)C(=C1Oc2ccccc2O1)c1ccccc1. The molecule has 0 spiro atoms. The Hall–Kier alpha value is -3.66. The zero-order valence-electron chi connectivity index (χ0n) is 13.7. The number of hydrogen-bond donors (Lipinski definition) is 0. The number of allylic oxidation sites excluding steroid dienone is 2. The Morgan fingerprint density at radius 1 is 0.538 bits per heavy atom. The highest BCUT2D eigenvalue weighted by atomic mass is 16.7. The van der Waals surface area contributed by atoms with Crippen LogP contribution in [0.15, 0.2) is 96.8 Å². The smallest absolute Gasteiger partial charge is 0.299 e. The number of benzene rings is 3. The Kier molecular flexibility index (Phi) is 3.39. The van der Waals surface area contributed by atoms with Crippen LogP contribution in [-0.4, -0.2) is 0 Å². The summed E-state index contributed by atoms with van der Waals surface area (Å²) >= 11 is 0. The molecule has 0 saturated carbocycles. The van der Waals surface area contributed by atoms with E-state index in [-0.39, 0.29) is 0 Å². The molecule has 26 heavy (non-hydrogen) atoms. The number of hydrogen-bond acceptors (Lipinski definition) is 4. The normalized spacial score (nSPS) is 13.7. The molecule has 0 unspecified atom stereocenters. The molecule has 2 aliphatic rings. The highest BCUT2D eigenvalue weighted by Crippen LogP contribution is 2.40. The van der Waals surface area contributed by atoms with E-state index in [1.807, 2.05) is 78.9 Å². The van der Waals surface area contributed by atoms with E-state index in [0.29, 0.717) is 34.9 Å². The molecule has 0 saturated heterocycles. The average Bonchev–Trinajstić information content (AvgIpc) is 3.30. The second-order valence-electron chi connectivity index (χ2n) is 5.83. The summed E-state index contributed by atoms with van der Waals surface area (Å²) in [6, 6.07) is 24.9. The van der Waals surface area contributed by atoms with Crippen LogP contribution in [0.1, 0.15) is 5.56 Å². The molecule has 4 nitrogen and oxygen atoms in total. The van der Waals surface area contributed by atoms with Crippen molar-refractivity contribution in [1.82, 2.24) is 0 Å². The van der Waals surface area contributed by atoms with E-state index in [1.165, 1.54) is 0 Å². The molecule has 4 heteroatoms. The first-order valence-corrected chi connectivity index (χ1v) is 8.28. The van der Waals surface area contributed by atoms with Crippen molar-refractivity contribution in [2.24, 2.45) is 0 Å². The Labute approximate surface area is 150 Å². The molecule has 0 radical (unpaired) electrons. The lowest BCUT2D eigenvalue weighted by atomic mass is 10.1. The highest BCUT2D eigenvalue weighted by Gasteiger charge is 2.25. The second kappa shape index (κ2) is 6.01. The molecule has 2 aliphatic heterocycles. The van der Waals surface area contributed by atoms with Crippen molar-refractivity contribution < 1.29 is 18.9 Å². The fourth-order valence-corrected chi connectivity index (χ4v) is 2.86. The van der Waals surface area contributed by atoms with Gasteiger partial charge in [-0.25, -0.2) is 0 Å². The number of fused-ring (bicyclic) bond motifs is 2. The molecule has 5 rings (SSSR count). The fraction of sp³-hybridized carbons (Fsp3) is 0. The van der Waals surface area contributed by atoms with Gasteiger partial charge < -0.3 is 18.9 Å². The van der Waals surface area contributed by atoms with Crippen molar-refractivity contribution in [1.29, 1.82) is 0 Å². The lowest BCUT2D eigenvalue weighted by Gasteiger charge is -2.07. The van der Waals surface area contributed by atoms with Crippen molar-refractivity contribution in [3.8, 4) is 23.0 Å². The zero-order valence-corrected chi connectivity index (χ0v) is 13.7. The van der Waals surface area contributed by atoms with E-state index >= 15 is 0 Å². The van der Waals surface area contributed by atoms with Gasteiger partial charge in [0.1, 0.15) is 0 Å². The first kappa shape index (κ1) is 14.7. The van der Waals surface area contributed by atoms with Gasteiger partial charge in [0.05, 0.1) is 5.57 Å². The lowest BCUT2D eigenvalue weighted by molar-refractivity contribution is 0.281. The van der Waals surface area contributed by atoms with Gasteiger partial charge in [-0.15, -0.1) is 0 Å². The second-order valence-corrected chi connectivity index (χ2v) is 5.83. The van der Waals surface area contributed by atoms with E-state index in [9.17, 15) is 0 Å². The van der Waals surface area contributed by atoms with Gasteiger partial charge in [0, 0.05) is 6.08 Å². The van der Waals surface area contributed by atoms with Gasteiger partial charge in [-0.1, -0.05) is 54.6 Å². The summed E-state index contributed by atoms with van der Waals surface area (Å²) in [7, 11) is 0. The standard InChI is InChI=1S/C22H14O4/c1-2-8-15(9-3-1)16(22-25-19-12-6-7-13-20(19)26-22)14-21-23-17-10-4-5-11-18(17)24-21/h1-14H. The lowest BCUT2D eigenvalue weighted by Crippen LogP contribution is -2.02. The molecule has 0 atom stereocenters. The highest BCUT2D eigenvalue weighted by molar-refractivity contribution is 5.76. The number of rotatable bonds is 2. The molecular weight excluding hydrogens is 328 g/mol. The van der Waals surface area contributed by atoms with Crippen LogP contribution in [0.4, 0.5) is 0 Å². The third kappa shape index (κ3) is 2.58. The molecule has 0 fully saturated rings. The maximum absolute atomic E-state index is 5.91. The first-order chi connectivity index (χ1) is 12.9. The van der Waals surface area contributed by atoms with E-state index in [1.54, 1.807) is 6.08 Å². The summed E-state index contributed by atoms with van der Waals surface area (Å²) in [6.07, 6.45) is 1.79. The van der Waals surface area contributed by atoms with E-state index in [0.717, 1.165) is 11.1 Å². The summed E-state index contributed by atoms with van der Waals surface area (Å²) in [4.78, 5) is 0. The molecular formula is C22H14O4. The molecule has 0 bridgehead atoms. The molecule has 3 aromatic rings. The minimum absolute atomic E-state index is 0.376. The van der Waals surface area contributed by atoms with Gasteiger partial charge in [-0.2, -0.15) is 0 Å². The largest absolute Gasteiger partial charge is 0.422 e. The topological polar surface area (TPSA) is 36.9 Å². The minimum atomic E-state index is 0.376. The van der Waals surface area contributed by atoms with Crippen LogP contribution < -0.4 is 18.9 Å². The zero-order chi connectivity index (χ0) is 17.3. The monoisotopic (exact) mass is 342 g/mol. The molecule has 126 valence electrons. The third-order valence-corrected chi connectivity index (χ3v) is 4.09. The van der Waals surface area contributed by atoms with Gasteiger partial charge >= 0.3 is 0 Å². The van der Waals surface area contributed by atoms with Crippen LogP contribution in [0.5, 0.6) is 23.0 Å².